The van der Waals surface area contributed by atoms with E-state index in [4.69, 9.17) is 18.9 Å². The number of ether oxygens (including phenoxy) is 4. The SMILES string of the molecule is C=C[C@H](c1ccc2c(c1)OCO2)[C@@H](OCc1ccccc1)C(=O)N1CCC[C@H]1C(=O)OC. The van der Waals surface area contributed by atoms with Crippen molar-refractivity contribution < 1.29 is 28.5 Å². The maximum absolute atomic E-state index is 13.7. The Balaban J connectivity index is 1.63. The van der Waals surface area contributed by atoms with Gasteiger partial charge in [0.2, 0.25) is 6.79 Å². The average Bonchev–Trinajstić information content (AvgIpc) is 3.50. The standard InChI is InChI=1S/C25H27NO6/c1-3-19(18-11-12-21-22(14-18)32-16-31-21)23(30-15-17-8-5-4-6-9-17)24(27)26-13-7-10-20(26)25(28)29-2/h3-6,8-9,11-12,14,19-20,23H,1,7,10,13,15-16H2,2H3/t19-,20+,23-/m1/s1. The van der Waals surface area contributed by atoms with Crippen molar-refractivity contribution in [3.63, 3.8) is 0 Å². The van der Waals surface area contributed by atoms with E-state index in [9.17, 15) is 9.59 Å². The van der Waals surface area contributed by atoms with Gasteiger partial charge in [0, 0.05) is 12.5 Å². The highest BCUT2D eigenvalue weighted by Gasteiger charge is 2.41. The molecule has 3 atom stereocenters. The molecule has 2 aromatic rings. The molecule has 168 valence electrons. The number of likely N-dealkylation sites (tertiary alicyclic amines) is 1. The fraction of sp³-hybridized carbons (Fsp3) is 0.360. The van der Waals surface area contributed by atoms with Gasteiger partial charge in [0.25, 0.3) is 5.91 Å². The third kappa shape index (κ3) is 4.48. The Hall–Kier alpha value is -3.32. The Morgan fingerprint density at radius 2 is 1.97 bits per heavy atom. The van der Waals surface area contributed by atoms with Crippen LogP contribution in [0.15, 0.2) is 61.2 Å². The highest BCUT2D eigenvalue weighted by molar-refractivity contribution is 5.88. The molecule has 1 fully saturated rings. The van der Waals surface area contributed by atoms with E-state index in [0.717, 1.165) is 17.5 Å². The molecular formula is C25H27NO6. The minimum atomic E-state index is -0.863. The highest BCUT2D eigenvalue weighted by atomic mass is 16.7. The smallest absolute Gasteiger partial charge is 0.328 e. The first-order valence-electron chi connectivity index (χ1n) is 10.7. The first kappa shape index (κ1) is 21.9. The van der Waals surface area contributed by atoms with Crippen molar-refractivity contribution in [3.8, 4) is 11.5 Å². The molecule has 0 radical (unpaired) electrons. The fourth-order valence-electron chi connectivity index (χ4n) is 4.22. The molecule has 2 aliphatic heterocycles. The second kappa shape index (κ2) is 9.87. The second-order valence-electron chi connectivity index (χ2n) is 7.80. The summed E-state index contributed by atoms with van der Waals surface area (Å²) in [6.45, 7) is 4.87. The van der Waals surface area contributed by atoms with Crippen molar-refractivity contribution in [3.05, 3.63) is 72.3 Å². The number of carbonyl (C=O) groups is 2. The molecule has 4 rings (SSSR count). The number of hydrogen-bond acceptors (Lipinski definition) is 6. The van der Waals surface area contributed by atoms with Gasteiger partial charge in [0.1, 0.15) is 12.1 Å². The van der Waals surface area contributed by atoms with Crippen molar-refractivity contribution in [2.75, 3.05) is 20.4 Å². The van der Waals surface area contributed by atoms with E-state index >= 15 is 0 Å². The summed E-state index contributed by atoms with van der Waals surface area (Å²) in [4.78, 5) is 27.5. The summed E-state index contributed by atoms with van der Waals surface area (Å²) < 4.78 is 22.0. The van der Waals surface area contributed by atoms with Crippen LogP contribution >= 0.6 is 0 Å². The predicted octanol–water partition coefficient (Wildman–Crippen LogP) is 3.43. The number of amides is 1. The number of esters is 1. The van der Waals surface area contributed by atoms with Crippen LogP contribution in [-0.4, -0.2) is 49.4 Å². The zero-order chi connectivity index (χ0) is 22.5. The van der Waals surface area contributed by atoms with Crippen LogP contribution in [0.5, 0.6) is 11.5 Å². The van der Waals surface area contributed by atoms with Gasteiger partial charge in [-0.25, -0.2) is 4.79 Å². The Morgan fingerprint density at radius 1 is 1.19 bits per heavy atom. The van der Waals surface area contributed by atoms with Crippen LogP contribution in [0.4, 0.5) is 0 Å². The largest absolute Gasteiger partial charge is 0.467 e. The van der Waals surface area contributed by atoms with E-state index < -0.39 is 24.0 Å². The van der Waals surface area contributed by atoms with Gasteiger partial charge in [-0.15, -0.1) is 6.58 Å². The van der Waals surface area contributed by atoms with E-state index in [1.54, 1.807) is 11.0 Å². The van der Waals surface area contributed by atoms with Crippen molar-refractivity contribution in [1.29, 1.82) is 0 Å². The van der Waals surface area contributed by atoms with Gasteiger partial charge in [-0.1, -0.05) is 42.5 Å². The van der Waals surface area contributed by atoms with Gasteiger partial charge in [-0.2, -0.15) is 0 Å². The summed E-state index contributed by atoms with van der Waals surface area (Å²) in [5.74, 6) is 0.180. The maximum atomic E-state index is 13.7. The van der Waals surface area contributed by atoms with Crippen LogP contribution in [-0.2, 0) is 25.7 Å². The van der Waals surface area contributed by atoms with Gasteiger partial charge in [0.05, 0.1) is 13.7 Å². The number of methoxy groups -OCH3 is 1. The van der Waals surface area contributed by atoms with Crippen LogP contribution < -0.4 is 9.47 Å². The molecule has 0 spiro atoms. The zero-order valence-corrected chi connectivity index (χ0v) is 18.1. The number of carbonyl (C=O) groups excluding carboxylic acids is 2. The van der Waals surface area contributed by atoms with Crippen LogP contribution in [0, 0.1) is 0 Å². The molecule has 1 amide bonds. The lowest BCUT2D eigenvalue weighted by Crippen LogP contribution is -2.48. The van der Waals surface area contributed by atoms with Crippen molar-refractivity contribution in [1.82, 2.24) is 4.90 Å². The second-order valence-corrected chi connectivity index (χ2v) is 7.80. The number of benzene rings is 2. The Kier molecular flexibility index (Phi) is 6.75. The molecule has 7 heteroatoms. The summed E-state index contributed by atoms with van der Waals surface area (Å²) in [7, 11) is 1.34. The van der Waals surface area contributed by atoms with Gasteiger partial charge in [0.15, 0.2) is 11.5 Å². The van der Waals surface area contributed by atoms with Gasteiger partial charge >= 0.3 is 5.97 Å². The van der Waals surface area contributed by atoms with Crippen LogP contribution in [0.1, 0.15) is 29.9 Å². The van der Waals surface area contributed by atoms with E-state index in [-0.39, 0.29) is 19.3 Å². The molecular weight excluding hydrogens is 410 g/mol. The molecule has 7 nitrogen and oxygen atoms in total. The summed E-state index contributed by atoms with van der Waals surface area (Å²) >= 11 is 0. The Labute approximate surface area is 187 Å². The van der Waals surface area contributed by atoms with E-state index in [2.05, 4.69) is 6.58 Å². The van der Waals surface area contributed by atoms with Gasteiger partial charge in [-0.3, -0.25) is 4.79 Å². The third-order valence-electron chi connectivity index (χ3n) is 5.89. The van der Waals surface area contributed by atoms with Crippen LogP contribution in [0.25, 0.3) is 0 Å². The monoisotopic (exact) mass is 437 g/mol. The summed E-state index contributed by atoms with van der Waals surface area (Å²) in [6, 6.07) is 14.6. The lowest BCUT2D eigenvalue weighted by Gasteiger charge is -2.31. The highest BCUT2D eigenvalue weighted by Crippen LogP contribution is 2.37. The fourth-order valence-corrected chi connectivity index (χ4v) is 4.22. The van der Waals surface area contributed by atoms with Crippen molar-refractivity contribution in [2.24, 2.45) is 0 Å². The minimum Gasteiger partial charge on any atom is -0.467 e. The Bertz CT molecular complexity index is 976. The van der Waals surface area contributed by atoms with Crippen molar-refractivity contribution in [2.45, 2.75) is 37.5 Å². The van der Waals surface area contributed by atoms with E-state index in [0.29, 0.717) is 24.5 Å². The van der Waals surface area contributed by atoms with E-state index in [1.807, 2.05) is 48.5 Å². The molecule has 1 saturated heterocycles. The Morgan fingerprint density at radius 3 is 2.72 bits per heavy atom. The first-order valence-corrected chi connectivity index (χ1v) is 10.7. The molecule has 0 aromatic heterocycles. The maximum Gasteiger partial charge on any atom is 0.328 e. The zero-order valence-electron chi connectivity index (χ0n) is 18.1. The number of rotatable bonds is 8. The first-order chi connectivity index (χ1) is 15.6. The molecule has 2 heterocycles. The van der Waals surface area contributed by atoms with E-state index in [1.165, 1.54) is 7.11 Å². The molecule has 0 N–H and O–H groups in total. The quantitative estimate of drug-likeness (QED) is 0.465. The lowest BCUT2D eigenvalue weighted by atomic mass is 9.91. The molecule has 0 unspecified atom stereocenters. The molecule has 0 bridgehead atoms. The number of nitrogens with zero attached hydrogens (tertiary/aromatic N) is 1. The van der Waals surface area contributed by atoms with Gasteiger partial charge < -0.3 is 23.8 Å². The predicted molar refractivity (Wildman–Crippen MR) is 117 cm³/mol. The normalized spacial score (nSPS) is 18.8. The lowest BCUT2D eigenvalue weighted by molar-refractivity contribution is -0.156. The number of fused-ring (bicyclic) bond motifs is 1. The molecule has 0 aliphatic carbocycles. The molecule has 32 heavy (non-hydrogen) atoms. The number of hydrogen-bond donors (Lipinski definition) is 0. The summed E-state index contributed by atoms with van der Waals surface area (Å²) in [6.07, 6.45) is 2.15. The average molecular weight is 437 g/mol. The molecule has 2 aliphatic rings. The minimum absolute atomic E-state index is 0.166. The topological polar surface area (TPSA) is 74.3 Å². The molecule has 2 aromatic carbocycles. The van der Waals surface area contributed by atoms with Crippen LogP contribution in [0.2, 0.25) is 0 Å². The third-order valence-corrected chi connectivity index (χ3v) is 5.89. The van der Waals surface area contributed by atoms with Gasteiger partial charge in [-0.05, 0) is 36.1 Å². The van der Waals surface area contributed by atoms with Crippen LogP contribution in [0.3, 0.4) is 0 Å². The van der Waals surface area contributed by atoms with Crippen molar-refractivity contribution >= 4 is 11.9 Å². The summed E-state index contributed by atoms with van der Waals surface area (Å²) in [5.41, 5.74) is 1.77. The molecule has 0 saturated carbocycles. The summed E-state index contributed by atoms with van der Waals surface area (Å²) in [5, 5.41) is 0.